The third-order valence-corrected chi connectivity index (χ3v) is 5.95. The Morgan fingerprint density at radius 2 is 1.53 bits per heavy atom. The number of rotatable bonds is 9. The summed E-state index contributed by atoms with van der Waals surface area (Å²) in [5.41, 5.74) is 2.20. The summed E-state index contributed by atoms with van der Waals surface area (Å²) in [6.45, 7) is 1.36. The van der Waals surface area contributed by atoms with E-state index in [2.05, 4.69) is 10.6 Å². The van der Waals surface area contributed by atoms with Gasteiger partial charge in [0.05, 0.1) is 35.4 Å². The predicted octanol–water partition coefficient (Wildman–Crippen LogP) is 5.06. The first-order valence-corrected chi connectivity index (χ1v) is 11.5. The average Bonchev–Trinajstić information content (AvgIpc) is 2.82. The van der Waals surface area contributed by atoms with Gasteiger partial charge in [-0.05, 0) is 35.9 Å². The number of ether oxygens (including phenoxy) is 2. The van der Waals surface area contributed by atoms with Crippen molar-refractivity contribution in [2.75, 3.05) is 19.5 Å². The molecule has 8 nitrogen and oxygen atoms in total. The standard InChI is InChI=1S/C26H24Cl2N2O6/c1-14(31)29-19-12-15(10-11-16(19)23-21(35-2)8-5-9-22(23)36-3)13-20(26(33)34)30-25(32)24-17(27)6-4-7-18(24)28/h4-12,20H,13H2,1-3H3,(H,29,31)(H,30,32)(H,33,34)/t20-/m0/s1. The summed E-state index contributed by atoms with van der Waals surface area (Å²) in [5.74, 6) is -1.22. The highest BCUT2D eigenvalue weighted by molar-refractivity contribution is 6.39. The highest BCUT2D eigenvalue weighted by atomic mass is 35.5. The van der Waals surface area contributed by atoms with Gasteiger partial charge in [-0.25, -0.2) is 4.79 Å². The highest BCUT2D eigenvalue weighted by Gasteiger charge is 2.25. The maximum absolute atomic E-state index is 12.8. The number of carbonyl (C=O) groups is 3. The van der Waals surface area contributed by atoms with Gasteiger partial charge in [-0.2, -0.15) is 0 Å². The van der Waals surface area contributed by atoms with Gasteiger partial charge in [-0.1, -0.05) is 47.5 Å². The third-order valence-electron chi connectivity index (χ3n) is 5.32. The van der Waals surface area contributed by atoms with Crippen LogP contribution in [-0.2, 0) is 16.0 Å². The number of aliphatic carboxylic acids is 1. The Kier molecular flexibility index (Phi) is 8.79. The number of methoxy groups -OCH3 is 2. The van der Waals surface area contributed by atoms with Gasteiger partial charge in [0.1, 0.15) is 17.5 Å². The zero-order chi connectivity index (χ0) is 26.4. The van der Waals surface area contributed by atoms with E-state index >= 15 is 0 Å². The van der Waals surface area contributed by atoms with E-state index in [1.807, 2.05) is 0 Å². The summed E-state index contributed by atoms with van der Waals surface area (Å²) in [7, 11) is 3.05. The Morgan fingerprint density at radius 1 is 0.944 bits per heavy atom. The van der Waals surface area contributed by atoms with Crippen LogP contribution in [0.1, 0.15) is 22.8 Å². The molecule has 3 aromatic carbocycles. The van der Waals surface area contributed by atoms with Crippen LogP contribution in [-0.4, -0.2) is 43.2 Å². The molecule has 10 heteroatoms. The molecule has 3 aromatic rings. The van der Waals surface area contributed by atoms with Crippen LogP contribution >= 0.6 is 23.2 Å². The van der Waals surface area contributed by atoms with Gasteiger partial charge in [-0.15, -0.1) is 0 Å². The summed E-state index contributed by atoms with van der Waals surface area (Å²) in [6.07, 6.45) is -0.0704. The van der Waals surface area contributed by atoms with E-state index in [0.29, 0.717) is 33.9 Å². The largest absolute Gasteiger partial charge is 0.496 e. The van der Waals surface area contributed by atoms with Gasteiger partial charge in [0.25, 0.3) is 5.91 Å². The van der Waals surface area contributed by atoms with Gasteiger partial charge in [0, 0.05) is 24.6 Å². The first-order valence-electron chi connectivity index (χ1n) is 10.8. The number of halogens is 2. The van der Waals surface area contributed by atoms with E-state index in [4.69, 9.17) is 32.7 Å². The van der Waals surface area contributed by atoms with Crippen molar-refractivity contribution in [1.82, 2.24) is 5.32 Å². The zero-order valence-corrected chi connectivity index (χ0v) is 21.2. The SMILES string of the molecule is COc1cccc(OC)c1-c1ccc(C[C@H](NC(=O)c2c(Cl)cccc2Cl)C(=O)O)cc1NC(C)=O. The molecule has 3 N–H and O–H groups in total. The minimum Gasteiger partial charge on any atom is -0.496 e. The molecule has 36 heavy (non-hydrogen) atoms. The minimum absolute atomic E-state index is 0.00960. The lowest BCUT2D eigenvalue weighted by molar-refractivity contribution is -0.139. The number of carboxylic acid groups (broad SMARTS) is 1. The molecular formula is C26H24Cl2N2O6. The van der Waals surface area contributed by atoms with Crippen molar-refractivity contribution in [2.24, 2.45) is 0 Å². The molecule has 1 atom stereocenters. The highest BCUT2D eigenvalue weighted by Crippen LogP contribution is 2.42. The molecule has 0 saturated carbocycles. The van der Waals surface area contributed by atoms with E-state index in [1.165, 1.54) is 33.3 Å². The molecule has 0 aliphatic rings. The molecular weight excluding hydrogens is 507 g/mol. The quantitative estimate of drug-likeness (QED) is 0.356. The summed E-state index contributed by atoms with van der Waals surface area (Å²) in [5, 5.41) is 15.2. The van der Waals surface area contributed by atoms with Crippen LogP contribution in [0.15, 0.2) is 54.6 Å². The molecule has 0 saturated heterocycles. The second-order valence-electron chi connectivity index (χ2n) is 7.76. The maximum atomic E-state index is 12.8. The molecule has 188 valence electrons. The maximum Gasteiger partial charge on any atom is 0.326 e. The molecule has 0 heterocycles. The summed E-state index contributed by atoms with van der Waals surface area (Å²) < 4.78 is 11.0. The van der Waals surface area contributed by atoms with Crippen molar-refractivity contribution >= 4 is 46.7 Å². The van der Waals surface area contributed by atoms with Gasteiger partial charge < -0.3 is 25.2 Å². The number of carboxylic acids is 1. The number of benzene rings is 3. The van der Waals surface area contributed by atoms with Crippen LogP contribution in [0.3, 0.4) is 0 Å². The van der Waals surface area contributed by atoms with E-state index in [1.54, 1.807) is 42.5 Å². The van der Waals surface area contributed by atoms with Gasteiger partial charge in [-0.3, -0.25) is 9.59 Å². The third kappa shape index (κ3) is 6.08. The lowest BCUT2D eigenvalue weighted by atomic mass is 9.96. The first kappa shape index (κ1) is 26.8. The van der Waals surface area contributed by atoms with Crippen LogP contribution in [0.2, 0.25) is 10.0 Å². The lowest BCUT2D eigenvalue weighted by Gasteiger charge is -2.19. The molecule has 0 aliphatic carbocycles. The van der Waals surface area contributed by atoms with Crippen molar-refractivity contribution in [3.8, 4) is 22.6 Å². The lowest BCUT2D eigenvalue weighted by Crippen LogP contribution is -2.42. The predicted molar refractivity (Wildman–Crippen MR) is 138 cm³/mol. The molecule has 0 spiro atoms. The minimum atomic E-state index is -1.29. The van der Waals surface area contributed by atoms with E-state index < -0.39 is 17.9 Å². The normalized spacial score (nSPS) is 11.4. The molecule has 3 rings (SSSR count). The number of hydrogen-bond donors (Lipinski definition) is 3. The van der Waals surface area contributed by atoms with Gasteiger partial charge in [0.2, 0.25) is 5.91 Å². The second kappa shape index (κ2) is 11.8. The molecule has 2 amide bonds. The van der Waals surface area contributed by atoms with Crippen LogP contribution < -0.4 is 20.1 Å². The number of nitrogens with one attached hydrogen (secondary N) is 2. The van der Waals surface area contributed by atoms with Crippen LogP contribution in [0, 0.1) is 0 Å². The van der Waals surface area contributed by atoms with Crippen molar-refractivity contribution in [2.45, 2.75) is 19.4 Å². The Balaban J connectivity index is 1.98. The fraction of sp³-hybridized carbons (Fsp3) is 0.192. The summed E-state index contributed by atoms with van der Waals surface area (Å²) in [6, 6.07) is 13.7. The Morgan fingerprint density at radius 3 is 2.06 bits per heavy atom. The molecule has 0 unspecified atom stereocenters. The van der Waals surface area contributed by atoms with E-state index in [9.17, 15) is 19.5 Å². The van der Waals surface area contributed by atoms with Crippen molar-refractivity contribution in [3.05, 3.63) is 75.8 Å². The molecule has 0 aromatic heterocycles. The fourth-order valence-corrected chi connectivity index (χ4v) is 4.30. The van der Waals surface area contributed by atoms with Gasteiger partial charge in [0.15, 0.2) is 0 Å². The zero-order valence-electron chi connectivity index (χ0n) is 19.7. The Hall–Kier alpha value is -3.75. The molecule has 0 bridgehead atoms. The average molecular weight is 531 g/mol. The molecule has 0 radical (unpaired) electrons. The van der Waals surface area contributed by atoms with E-state index in [-0.39, 0.29) is 27.9 Å². The summed E-state index contributed by atoms with van der Waals surface area (Å²) >= 11 is 12.2. The topological polar surface area (TPSA) is 114 Å². The summed E-state index contributed by atoms with van der Waals surface area (Å²) in [4.78, 5) is 36.7. The molecule has 0 fully saturated rings. The number of hydrogen-bond acceptors (Lipinski definition) is 5. The van der Waals surface area contributed by atoms with Crippen molar-refractivity contribution < 1.29 is 29.0 Å². The monoisotopic (exact) mass is 530 g/mol. The van der Waals surface area contributed by atoms with E-state index in [0.717, 1.165) is 0 Å². The van der Waals surface area contributed by atoms with Crippen molar-refractivity contribution in [1.29, 1.82) is 0 Å². The van der Waals surface area contributed by atoms with Crippen LogP contribution in [0.4, 0.5) is 5.69 Å². The Bertz CT molecular complexity index is 1270. The molecule has 0 aliphatic heterocycles. The number of amides is 2. The van der Waals surface area contributed by atoms with Crippen LogP contribution in [0.25, 0.3) is 11.1 Å². The smallest absolute Gasteiger partial charge is 0.326 e. The second-order valence-corrected chi connectivity index (χ2v) is 8.58. The first-order chi connectivity index (χ1) is 17.2. The van der Waals surface area contributed by atoms with Crippen molar-refractivity contribution in [3.63, 3.8) is 0 Å². The Labute approximate surface area is 218 Å². The number of carbonyl (C=O) groups excluding carboxylic acids is 2. The number of anilines is 1. The van der Waals surface area contributed by atoms with Gasteiger partial charge >= 0.3 is 5.97 Å². The fourth-order valence-electron chi connectivity index (χ4n) is 3.73. The van der Waals surface area contributed by atoms with Crippen LogP contribution in [0.5, 0.6) is 11.5 Å².